The van der Waals surface area contributed by atoms with E-state index in [1.807, 2.05) is 25.1 Å². The van der Waals surface area contributed by atoms with Crippen molar-refractivity contribution in [2.75, 3.05) is 5.32 Å². The van der Waals surface area contributed by atoms with Crippen LogP contribution in [0.4, 0.5) is 5.69 Å². The van der Waals surface area contributed by atoms with Crippen LogP contribution in [0.5, 0.6) is 0 Å². The van der Waals surface area contributed by atoms with E-state index in [-0.39, 0.29) is 11.2 Å². The Kier molecular flexibility index (Phi) is 4.01. The van der Waals surface area contributed by atoms with Gasteiger partial charge in [0.2, 0.25) is 5.91 Å². The van der Waals surface area contributed by atoms with Crippen LogP contribution in [0.2, 0.25) is 0 Å². The van der Waals surface area contributed by atoms with E-state index in [1.54, 1.807) is 6.92 Å². The lowest BCUT2D eigenvalue weighted by Gasteiger charge is -2.10. The van der Waals surface area contributed by atoms with E-state index in [0.29, 0.717) is 0 Å². The topological polar surface area (TPSA) is 29.1 Å². The molecule has 1 aromatic rings. The second kappa shape index (κ2) is 4.84. The number of carbonyl (C=O) groups excluding carboxylic acids is 1. The first kappa shape index (κ1) is 11.6. The molecule has 0 aliphatic rings. The lowest BCUT2D eigenvalue weighted by molar-refractivity contribution is -0.115. The van der Waals surface area contributed by atoms with Gasteiger partial charge in [0.05, 0.1) is 10.9 Å². The minimum atomic E-state index is -0.303. The monoisotopic (exact) mass is 273 g/mol. The molecule has 0 spiro atoms. The second-order valence-electron chi connectivity index (χ2n) is 3.10. The molecule has 1 unspecified atom stereocenters. The maximum atomic E-state index is 11.4. The lowest BCUT2D eigenvalue weighted by Crippen LogP contribution is -2.20. The number of thiol groups is 1. The van der Waals surface area contributed by atoms with Gasteiger partial charge in [-0.3, -0.25) is 4.79 Å². The van der Waals surface area contributed by atoms with E-state index in [2.05, 4.69) is 33.9 Å². The molecule has 1 amide bonds. The van der Waals surface area contributed by atoms with Crippen LogP contribution >= 0.6 is 28.6 Å². The number of nitrogens with one attached hydrogen (secondary N) is 1. The van der Waals surface area contributed by atoms with Crippen molar-refractivity contribution < 1.29 is 4.79 Å². The summed E-state index contributed by atoms with van der Waals surface area (Å²) in [6.07, 6.45) is 0. The van der Waals surface area contributed by atoms with Crippen molar-refractivity contribution in [3.63, 3.8) is 0 Å². The lowest BCUT2D eigenvalue weighted by atomic mass is 10.2. The fourth-order valence-corrected chi connectivity index (χ4v) is 1.41. The molecule has 0 saturated heterocycles. The summed E-state index contributed by atoms with van der Waals surface area (Å²) in [4.78, 5) is 11.4. The average Bonchev–Trinajstić information content (AvgIpc) is 2.12. The van der Waals surface area contributed by atoms with E-state index < -0.39 is 0 Å². The highest BCUT2D eigenvalue weighted by atomic mass is 79.9. The highest BCUT2D eigenvalue weighted by Crippen LogP contribution is 2.25. The predicted molar refractivity (Wildman–Crippen MR) is 66.0 cm³/mol. The zero-order chi connectivity index (χ0) is 10.7. The summed E-state index contributed by atoms with van der Waals surface area (Å²) in [5.74, 6) is -0.0976. The Morgan fingerprint density at radius 2 is 2.21 bits per heavy atom. The van der Waals surface area contributed by atoms with Gasteiger partial charge < -0.3 is 5.32 Å². The third-order valence-electron chi connectivity index (χ3n) is 1.83. The van der Waals surface area contributed by atoms with Gasteiger partial charge in [-0.1, -0.05) is 12.1 Å². The Morgan fingerprint density at radius 3 is 2.79 bits per heavy atom. The Morgan fingerprint density at radius 1 is 1.57 bits per heavy atom. The molecule has 14 heavy (non-hydrogen) atoms. The van der Waals surface area contributed by atoms with Crippen LogP contribution in [0.1, 0.15) is 12.5 Å². The van der Waals surface area contributed by atoms with Crippen LogP contribution in [0, 0.1) is 6.92 Å². The number of halogens is 1. The van der Waals surface area contributed by atoms with Gasteiger partial charge in [-0.2, -0.15) is 12.6 Å². The smallest absolute Gasteiger partial charge is 0.236 e. The molecular weight excluding hydrogens is 262 g/mol. The Labute approximate surface area is 97.6 Å². The molecule has 0 bridgehead atoms. The number of hydrogen-bond donors (Lipinski definition) is 2. The van der Waals surface area contributed by atoms with Gasteiger partial charge in [-0.05, 0) is 41.4 Å². The van der Waals surface area contributed by atoms with Crippen LogP contribution in [0.3, 0.4) is 0 Å². The third kappa shape index (κ3) is 2.75. The maximum absolute atomic E-state index is 11.4. The summed E-state index contributed by atoms with van der Waals surface area (Å²) in [6.45, 7) is 3.71. The molecule has 0 heterocycles. The highest BCUT2D eigenvalue weighted by molar-refractivity contribution is 9.10. The van der Waals surface area contributed by atoms with E-state index in [1.165, 1.54) is 0 Å². The highest BCUT2D eigenvalue weighted by Gasteiger charge is 2.10. The molecule has 0 fully saturated rings. The zero-order valence-electron chi connectivity index (χ0n) is 8.04. The van der Waals surface area contributed by atoms with Gasteiger partial charge >= 0.3 is 0 Å². The van der Waals surface area contributed by atoms with Crippen LogP contribution in [0.25, 0.3) is 0 Å². The number of anilines is 1. The Hall–Kier alpha value is -0.480. The summed E-state index contributed by atoms with van der Waals surface area (Å²) in [5, 5.41) is 2.48. The minimum Gasteiger partial charge on any atom is -0.324 e. The SMILES string of the molecule is Cc1cccc(NC(=O)C(C)S)c1Br. The van der Waals surface area contributed by atoms with Crippen molar-refractivity contribution in [3.8, 4) is 0 Å². The van der Waals surface area contributed by atoms with Crippen molar-refractivity contribution in [2.24, 2.45) is 0 Å². The normalized spacial score (nSPS) is 12.3. The van der Waals surface area contributed by atoms with E-state index in [4.69, 9.17) is 0 Å². The Bertz CT molecular complexity index is 352. The summed E-state index contributed by atoms with van der Waals surface area (Å²) in [7, 11) is 0. The molecule has 1 aromatic carbocycles. The molecule has 0 radical (unpaired) electrons. The molecule has 0 aromatic heterocycles. The van der Waals surface area contributed by atoms with Crippen molar-refractivity contribution in [3.05, 3.63) is 28.2 Å². The van der Waals surface area contributed by atoms with Gasteiger partial charge in [0.1, 0.15) is 0 Å². The molecule has 76 valence electrons. The van der Waals surface area contributed by atoms with Crippen LogP contribution in [-0.4, -0.2) is 11.2 Å². The molecule has 0 saturated carbocycles. The first-order chi connectivity index (χ1) is 6.52. The average molecular weight is 274 g/mol. The van der Waals surface area contributed by atoms with E-state index in [0.717, 1.165) is 15.7 Å². The van der Waals surface area contributed by atoms with Crippen LogP contribution in [0.15, 0.2) is 22.7 Å². The van der Waals surface area contributed by atoms with Crippen LogP contribution in [-0.2, 0) is 4.79 Å². The van der Waals surface area contributed by atoms with Crippen molar-refractivity contribution in [1.29, 1.82) is 0 Å². The number of carbonyl (C=O) groups is 1. The molecule has 4 heteroatoms. The molecule has 1 atom stereocenters. The van der Waals surface area contributed by atoms with Crippen molar-refractivity contribution in [2.45, 2.75) is 19.1 Å². The van der Waals surface area contributed by atoms with Crippen molar-refractivity contribution in [1.82, 2.24) is 0 Å². The fourth-order valence-electron chi connectivity index (χ4n) is 0.981. The molecule has 0 aliphatic carbocycles. The Balaban J connectivity index is 2.87. The largest absolute Gasteiger partial charge is 0.324 e. The van der Waals surface area contributed by atoms with E-state index >= 15 is 0 Å². The fraction of sp³-hybridized carbons (Fsp3) is 0.300. The number of aryl methyl sites for hydroxylation is 1. The summed E-state index contributed by atoms with van der Waals surface area (Å²) in [5.41, 5.74) is 1.88. The van der Waals surface area contributed by atoms with Gasteiger partial charge in [0.15, 0.2) is 0 Å². The minimum absolute atomic E-state index is 0.0976. The first-order valence-corrected chi connectivity index (χ1v) is 5.57. The van der Waals surface area contributed by atoms with Gasteiger partial charge in [0.25, 0.3) is 0 Å². The zero-order valence-corrected chi connectivity index (χ0v) is 10.5. The van der Waals surface area contributed by atoms with Crippen LogP contribution < -0.4 is 5.32 Å². The number of amides is 1. The first-order valence-electron chi connectivity index (χ1n) is 4.26. The molecular formula is C10H12BrNOS. The number of hydrogen-bond acceptors (Lipinski definition) is 2. The third-order valence-corrected chi connectivity index (χ3v) is 3.12. The predicted octanol–water partition coefficient (Wildman–Crippen LogP) is 3.01. The maximum Gasteiger partial charge on any atom is 0.236 e. The summed E-state index contributed by atoms with van der Waals surface area (Å²) >= 11 is 7.47. The quantitative estimate of drug-likeness (QED) is 0.797. The summed E-state index contributed by atoms with van der Waals surface area (Å²) < 4.78 is 0.919. The van der Waals surface area contributed by atoms with E-state index in [9.17, 15) is 4.79 Å². The van der Waals surface area contributed by atoms with Gasteiger partial charge in [0, 0.05) is 4.47 Å². The molecule has 1 N–H and O–H groups in total. The van der Waals surface area contributed by atoms with Gasteiger partial charge in [-0.25, -0.2) is 0 Å². The van der Waals surface area contributed by atoms with Gasteiger partial charge in [-0.15, -0.1) is 0 Å². The standard InChI is InChI=1S/C10H12BrNOS/c1-6-4-3-5-8(9(6)11)12-10(13)7(2)14/h3-5,7,14H,1-2H3,(H,12,13). The number of benzene rings is 1. The molecule has 1 rings (SSSR count). The molecule has 0 aliphatic heterocycles. The number of rotatable bonds is 2. The van der Waals surface area contributed by atoms with Crippen molar-refractivity contribution >= 4 is 40.2 Å². The summed E-state index contributed by atoms with van der Waals surface area (Å²) in [6, 6.07) is 5.73. The molecule has 2 nitrogen and oxygen atoms in total. The second-order valence-corrected chi connectivity index (χ2v) is 4.67.